The summed E-state index contributed by atoms with van der Waals surface area (Å²) in [7, 11) is 0. The molecule has 7 nitrogen and oxygen atoms in total. The summed E-state index contributed by atoms with van der Waals surface area (Å²) in [6.45, 7) is 7.83. The predicted molar refractivity (Wildman–Crippen MR) is 138 cm³/mol. The molecule has 2 aromatic carbocycles. The zero-order chi connectivity index (χ0) is 26.2. The molecule has 37 heavy (non-hydrogen) atoms. The van der Waals surface area contributed by atoms with Gasteiger partial charge in [-0.2, -0.15) is 5.10 Å². The topological polar surface area (TPSA) is 67.7 Å². The van der Waals surface area contributed by atoms with Crippen LogP contribution in [-0.4, -0.2) is 56.8 Å². The first kappa shape index (κ1) is 25.0. The molecule has 0 atom stereocenters. The van der Waals surface area contributed by atoms with Gasteiger partial charge in [0.05, 0.1) is 23.1 Å². The Morgan fingerprint density at radius 3 is 2.30 bits per heavy atom. The van der Waals surface area contributed by atoms with Crippen LogP contribution in [0.4, 0.5) is 9.18 Å². The van der Waals surface area contributed by atoms with Crippen molar-refractivity contribution >= 4 is 12.0 Å². The van der Waals surface area contributed by atoms with E-state index in [1.807, 2.05) is 37.8 Å². The van der Waals surface area contributed by atoms with Crippen molar-refractivity contribution in [2.75, 3.05) is 19.6 Å². The lowest BCUT2D eigenvalue weighted by Crippen LogP contribution is -2.42. The van der Waals surface area contributed by atoms with E-state index in [-0.39, 0.29) is 23.7 Å². The minimum absolute atomic E-state index is 0.0160. The summed E-state index contributed by atoms with van der Waals surface area (Å²) in [4.78, 5) is 30.0. The molecule has 1 aromatic heterocycles. The van der Waals surface area contributed by atoms with E-state index in [2.05, 4.69) is 17.2 Å². The Bertz CT molecular complexity index is 1290. The van der Waals surface area contributed by atoms with Crippen molar-refractivity contribution in [2.24, 2.45) is 0 Å². The zero-order valence-corrected chi connectivity index (χ0v) is 21.6. The SMILES string of the molecule is CC(C)(C)OC(=O)N1CCC(c2c(C(=O)N3CCc4ccccc4C3)cnn2-c2ccc(F)cc2)CC1. The van der Waals surface area contributed by atoms with Crippen LogP contribution in [0.3, 0.4) is 0 Å². The molecule has 3 heterocycles. The normalized spacial score (nSPS) is 16.4. The van der Waals surface area contributed by atoms with E-state index in [1.165, 1.54) is 23.3 Å². The molecule has 0 saturated carbocycles. The first-order valence-corrected chi connectivity index (χ1v) is 12.9. The van der Waals surface area contributed by atoms with Gasteiger partial charge in [-0.3, -0.25) is 4.79 Å². The number of ether oxygens (including phenoxy) is 1. The standard InChI is InChI=1S/C29H33FN4O3/c1-29(2,3)37-28(36)32-15-13-21(14-16-32)26-25(18-31-34(26)24-10-8-23(30)9-11-24)27(35)33-17-12-20-6-4-5-7-22(20)19-33/h4-11,18,21H,12-17,19H2,1-3H3. The molecule has 2 aliphatic rings. The summed E-state index contributed by atoms with van der Waals surface area (Å²) >= 11 is 0. The van der Waals surface area contributed by atoms with Crippen LogP contribution in [-0.2, 0) is 17.7 Å². The molecule has 2 amide bonds. The molecule has 8 heteroatoms. The Kier molecular flexibility index (Phi) is 6.75. The lowest BCUT2D eigenvalue weighted by molar-refractivity contribution is 0.0203. The molecule has 3 aromatic rings. The number of aromatic nitrogens is 2. The Morgan fingerprint density at radius 1 is 0.946 bits per heavy atom. The number of carbonyl (C=O) groups excluding carboxylic acids is 2. The second kappa shape index (κ2) is 10.00. The maximum Gasteiger partial charge on any atom is 0.410 e. The second-order valence-corrected chi connectivity index (χ2v) is 10.8. The van der Waals surface area contributed by atoms with Gasteiger partial charge in [-0.15, -0.1) is 0 Å². The second-order valence-electron chi connectivity index (χ2n) is 10.8. The van der Waals surface area contributed by atoms with Crippen LogP contribution < -0.4 is 0 Å². The third-order valence-corrected chi connectivity index (χ3v) is 7.06. The highest BCUT2D eigenvalue weighted by Gasteiger charge is 2.34. The molecular formula is C29H33FN4O3. The van der Waals surface area contributed by atoms with Crippen molar-refractivity contribution < 1.29 is 18.7 Å². The first-order valence-electron chi connectivity index (χ1n) is 12.9. The average Bonchev–Trinajstić information content (AvgIpc) is 3.32. The lowest BCUT2D eigenvalue weighted by Gasteiger charge is -2.34. The van der Waals surface area contributed by atoms with E-state index in [1.54, 1.807) is 27.9 Å². The van der Waals surface area contributed by atoms with E-state index in [0.717, 1.165) is 12.1 Å². The highest BCUT2D eigenvalue weighted by Crippen LogP contribution is 2.34. The van der Waals surface area contributed by atoms with E-state index >= 15 is 0 Å². The van der Waals surface area contributed by atoms with Gasteiger partial charge < -0.3 is 14.5 Å². The smallest absolute Gasteiger partial charge is 0.410 e. The molecule has 0 spiro atoms. The van der Waals surface area contributed by atoms with Crippen LogP contribution in [0, 0.1) is 5.82 Å². The molecule has 0 N–H and O–H groups in total. The van der Waals surface area contributed by atoms with E-state index in [9.17, 15) is 14.0 Å². The van der Waals surface area contributed by atoms with Crippen LogP contribution in [0.5, 0.6) is 0 Å². The number of halogens is 1. The summed E-state index contributed by atoms with van der Waals surface area (Å²) < 4.78 is 21.0. The molecule has 0 aliphatic carbocycles. The zero-order valence-electron chi connectivity index (χ0n) is 21.6. The van der Waals surface area contributed by atoms with Gasteiger partial charge >= 0.3 is 6.09 Å². The maximum absolute atomic E-state index is 13.8. The molecule has 5 rings (SSSR count). The number of carbonyl (C=O) groups is 2. The summed E-state index contributed by atoms with van der Waals surface area (Å²) in [6, 6.07) is 14.4. The number of hydrogen-bond acceptors (Lipinski definition) is 4. The molecule has 1 saturated heterocycles. The highest BCUT2D eigenvalue weighted by atomic mass is 19.1. The minimum Gasteiger partial charge on any atom is -0.444 e. The van der Waals surface area contributed by atoms with Gasteiger partial charge in [0.2, 0.25) is 0 Å². The summed E-state index contributed by atoms with van der Waals surface area (Å²) in [5, 5.41) is 4.60. The number of piperidine rings is 1. The van der Waals surface area contributed by atoms with E-state index in [4.69, 9.17) is 4.74 Å². The van der Waals surface area contributed by atoms with Crippen LogP contribution in [0.1, 0.15) is 66.7 Å². The van der Waals surface area contributed by atoms with Gasteiger partial charge in [0.1, 0.15) is 11.4 Å². The van der Waals surface area contributed by atoms with Gasteiger partial charge in [0.15, 0.2) is 0 Å². The van der Waals surface area contributed by atoms with Crippen molar-refractivity contribution in [3.05, 3.63) is 82.9 Å². The van der Waals surface area contributed by atoms with E-state index < -0.39 is 5.60 Å². The largest absolute Gasteiger partial charge is 0.444 e. The summed E-state index contributed by atoms with van der Waals surface area (Å²) in [5.41, 5.74) is 3.98. The third-order valence-electron chi connectivity index (χ3n) is 7.06. The third kappa shape index (κ3) is 5.38. The highest BCUT2D eigenvalue weighted by molar-refractivity contribution is 5.95. The Morgan fingerprint density at radius 2 is 1.62 bits per heavy atom. The fourth-order valence-corrected chi connectivity index (χ4v) is 5.20. The average molecular weight is 505 g/mol. The molecule has 0 bridgehead atoms. The molecule has 1 fully saturated rings. The van der Waals surface area contributed by atoms with Gasteiger partial charge in [0, 0.05) is 32.1 Å². The fraction of sp³-hybridized carbons (Fsp3) is 0.414. The quantitative estimate of drug-likeness (QED) is 0.484. The van der Waals surface area contributed by atoms with Crippen LogP contribution in [0.25, 0.3) is 5.69 Å². The van der Waals surface area contributed by atoms with Gasteiger partial charge in [-0.05, 0) is 75.4 Å². The number of rotatable bonds is 3. The molecular weight excluding hydrogens is 471 g/mol. The molecule has 194 valence electrons. The molecule has 2 aliphatic heterocycles. The van der Waals surface area contributed by atoms with Crippen LogP contribution in [0.15, 0.2) is 54.7 Å². The van der Waals surface area contributed by atoms with Crippen LogP contribution in [0.2, 0.25) is 0 Å². The van der Waals surface area contributed by atoms with Gasteiger partial charge in [-0.25, -0.2) is 13.9 Å². The van der Waals surface area contributed by atoms with Crippen molar-refractivity contribution in [1.29, 1.82) is 0 Å². The van der Waals surface area contributed by atoms with E-state index in [0.29, 0.717) is 50.3 Å². The predicted octanol–water partition coefficient (Wildman–Crippen LogP) is 5.32. The van der Waals surface area contributed by atoms with Crippen molar-refractivity contribution in [2.45, 2.75) is 58.1 Å². The van der Waals surface area contributed by atoms with Crippen LogP contribution >= 0.6 is 0 Å². The van der Waals surface area contributed by atoms with Crippen molar-refractivity contribution in [3.63, 3.8) is 0 Å². The van der Waals surface area contributed by atoms with Crippen molar-refractivity contribution in [3.8, 4) is 5.69 Å². The fourth-order valence-electron chi connectivity index (χ4n) is 5.20. The Hall–Kier alpha value is -3.68. The summed E-state index contributed by atoms with van der Waals surface area (Å²) in [5.74, 6) is -0.360. The number of nitrogens with zero attached hydrogens (tertiary/aromatic N) is 4. The van der Waals surface area contributed by atoms with Crippen molar-refractivity contribution in [1.82, 2.24) is 19.6 Å². The number of amides is 2. The lowest BCUT2D eigenvalue weighted by atomic mass is 9.90. The number of hydrogen-bond donors (Lipinski definition) is 0. The van der Waals surface area contributed by atoms with Gasteiger partial charge in [-0.1, -0.05) is 24.3 Å². The minimum atomic E-state index is -0.554. The number of likely N-dealkylation sites (tertiary alicyclic amines) is 1. The Labute approximate surface area is 216 Å². The number of fused-ring (bicyclic) bond motifs is 1. The maximum atomic E-state index is 13.8. The first-order chi connectivity index (χ1) is 17.7. The Balaban J connectivity index is 1.42. The molecule has 0 unspecified atom stereocenters. The van der Waals surface area contributed by atoms with Gasteiger partial charge in [0.25, 0.3) is 5.91 Å². The monoisotopic (exact) mass is 504 g/mol. The number of benzene rings is 2. The summed E-state index contributed by atoms with van der Waals surface area (Å²) in [6.07, 6.45) is 3.49. The molecule has 0 radical (unpaired) electrons.